The zero-order valence-electron chi connectivity index (χ0n) is 17.6. The number of hydrogen-bond donors (Lipinski definition) is 0. The maximum Gasteiger partial charge on any atom is 0.118 e. The molecular formula is C25H26ClN3O. The molecule has 0 radical (unpaired) electrons. The molecule has 0 aliphatic rings. The molecule has 0 aliphatic heterocycles. The normalized spacial score (nSPS) is 11.4. The number of fused-ring (bicyclic) bond motifs is 1. The van der Waals surface area contributed by atoms with E-state index in [0.717, 1.165) is 57.9 Å². The molecule has 5 heteroatoms. The summed E-state index contributed by atoms with van der Waals surface area (Å²) in [5, 5.41) is 1.90. The highest BCUT2D eigenvalue weighted by atomic mass is 35.5. The minimum Gasteiger partial charge on any atom is -0.497 e. The van der Waals surface area contributed by atoms with Crippen LogP contribution >= 0.6 is 11.6 Å². The summed E-state index contributed by atoms with van der Waals surface area (Å²) in [6.45, 7) is 2.01. The third kappa shape index (κ3) is 4.35. The number of hydrogen-bond acceptors (Lipinski definition) is 3. The third-order valence-electron chi connectivity index (χ3n) is 5.32. The highest BCUT2D eigenvalue weighted by Gasteiger charge is 2.12. The zero-order valence-corrected chi connectivity index (χ0v) is 18.4. The fraction of sp³-hybridized carbons (Fsp3) is 0.240. The first-order valence-electron chi connectivity index (χ1n) is 10.1. The second-order valence-corrected chi connectivity index (χ2v) is 8.18. The summed E-state index contributed by atoms with van der Waals surface area (Å²) in [7, 11) is 5.89. The lowest BCUT2D eigenvalue weighted by molar-refractivity contribution is 0.388. The number of aromatic nitrogens is 2. The summed E-state index contributed by atoms with van der Waals surface area (Å²) in [6.07, 6.45) is 7.13. The lowest BCUT2D eigenvalue weighted by atomic mass is 10.0. The van der Waals surface area contributed by atoms with Crippen LogP contribution in [-0.4, -0.2) is 42.2 Å². The Morgan fingerprint density at radius 3 is 2.47 bits per heavy atom. The Morgan fingerprint density at radius 2 is 1.73 bits per heavy atom. The van der Waals surface area contributed by atoms with E-state index in [1.807, 2.05) is 30.6 Å². The molecule has 0 N–H and O–H groups in total. The number of methoxy groups -OCH3 is 1. The maximum atomic E-state index is 6.35. The fourth-order valence-electron chi connectivity index (χ4n) is 3.77. The predicted octanol–water partition coefficient (Wildman–Crippen LogP) is 5.98. The van der Waals surface area contributed by atoms with E-state index in [2.05, 4.69) is 65.1 Å². The first-order valence-corrected chi connectivity index (χ1v) is 10.5. The van der Waals surface area contributed by atoms with Gasteiger partial charge in [-0.2, -0.15) is 0 Å². The number of rotatable bonds is 7. The quantitative estimate of drug-likeness (QED) is 0.369. The van der Waals surface area contributed by atoms with Gasteiger partial charge in [-0.1, -0.05) is 23.7 Å². The number of aryl methyl sites for hydroxylation is 1. The first-order chi connectivity index (χ1) is 14.5. The summed E-state index contributed by atoms with van der Waals surface area (Å²) in [4.78, 5) is 6.74. The van der Waals surface area contributed by atoms with Crippen molar-refractivity contribution >= 4 is 22.5 Å². The van der Waals surface area contributed by atoms with Crippen LogP contribution in [0.5, 0.6) is 5.75 Å². The van der Waals surface area contributed by atoms with Crippen LogP contribution in [-0.2, 0) is 6.54 Å². The summed E-state index contributed by atoms with van der Waals surface area (Å²) in [5.41, 5.74) is 5.62. The summed E-state index contributed by atoms with van der Waals surface area (Å²) in [5.74, 6) is 0.846. The van der Waals surface area contributed by atoms with E-state index in [4.69, 9.17) is 16.3 Å². The fourth-order valence-corrected chi connectivity index (χ4v) is 3.94. The summed E-state index contributed by atoms with van der Waals surface area (Å²) < 4.78 is 7.60. The van der Waals surface area contributed by atoms with Gasteiger partial charge in [0.15, 0.2) is 0 Å². The van der Waals surface area contributed by atoms with Crippen LogP contribution in [0.15, 0.2) is 67.1 Å². The van der Waals surface area contributed by atoms with Gasteiger partial charge >= 0.3 is 0 Å². The van der Waals surface area contributed by atoms with Gasteiger partial charge in [0, 0.05) is 57.8 Å². The van der Waals surface area contributed by atoms with Crippen molar-refractivity contribution in [3.05, 3.63) is 72.1 Å². The van der Waals surface area contributed by atoms with Gasteiger partial charge in [0.25, 0.3) is 0 Å². The second kappa shape index (κ2) is 8.90. The first kappa shape index (κ1) is 20.5. The van der Waals surface area contributed by atoms with Crippen molar-refractivity contribution in [1.82, 2.24) is 14.5 Å². The number of nitrogens with zero attached hydrogens (tertiary/aromatic N) is 3. The van der Waals surface area contributed by atoms with E-state index < -0.39 is 0 Å². The monoisotopic (exact) mass is 419 g/mol. The smallest absolute Gasteiger partial charge is 0.118 e. The molecule has 30 heavy (non-hydrogen) atoms. The Hall–Kier alpha value is -2.82. The van der Waals surface area contributed by atoms with Crippen molar-refractivity contribution in [1.29, 1.82) is 0 Å². The van der Waals surface area contributed by atoms with E-state index in [1.54, 1.807) is 7.11 Å². The number of benzene rings is 2. The molecule has 4 aromatic rings. The lowest BCUT2D eigenvalue weighted by Crippen LogP contribution is -2.14. The molecular weight excluding hydrogens is 394 g/mol. The van der Waals surface area contributed by atoms with Crippen LogP contribution in [0.4, 0.5) is 0 Å². The SMILES string of the molecule is COc1ccc(-c2cncc(-c3cn(CCCN(C)C)c4ccc(Cl)cc34)c2)cc1. The highest BCUT2D eigenvalue weighted by molar-refractivity contribution is 6.31. The molecule has 154 valence electrons. The van der Waals surface area contributed by atoms with E-state index in [1.165, 1.54) is 5.52 Å². The highest BCUT2D eigenvalue weighted by Crippen LogP contribution is 2.34. The standard InChI is InChI=1S/C25H26ClN3O/c1-28(2)11-4-12-29-17-24(23-14-21(26)7-10-25(23)29)20-13-19(15-27-16-20)18-5-8-22(30-3)9-6-18/h5-10,13-17H,4,11-12H2,1-3H3. The van der Waals surface area contributed by atoms with E-state index in [9.17, 15) is 0 Å². The molecule has 4 nitrogen and oxygen atoms in total. The van der Waals surface area contributed by atoms with E-state index in [0.29, 0.717) is 0 Å². The number of ether oxygens (including phenoxy) is 1. The van der Waals surface area contributed by atoms with Crippen LogP contribution in [0.25, 0.3) is 33.2 Å². The van der Waals surface area contributed by atoms with Gasteiger partial charge < -0.3 is 14.2 Å². The molecule has 0 spiro atoms. The van der Waals surface area contributed by atoms with Gasteiger partial charge in [-0.3, -0.25) is 4.98 Å². The molecule has 0 bridgehead atoms. The van der Waals surface area contributed by atoms with Crippen molar-refractivity contribution < 1.29 is 4.74 Å². The van der Waals surface area contributed by atoms with Crippen molar-refractivity contribution in [3.63, 3.8) is 0 Å². The van der Waals surface area contributed by atoms with Crippen molar-refractivity contribution in [2.45, 2.75) is 13.0 Å². The minimum absolute atomic E-state index is 0.744. The molecule has 0 amide bonds. The third-order valence-corrected chi connectivity index (χ3v) is 5.56. The molecule has 0 saturated carbocycles. The van der Waals surface area contributed by atoms with Crippen molar-refractivity contribution in [3.8, 4) is 28.0 Å². The molecule has 0 fully saturated rings. The van der Waals surface area contributed by atoms with Crippen molar-refractivity contribution in [2.75, 3.05) is 27.7 Å². The van der Waals surface area contributed by atoms with Gasteiger partial charge in [-0.15, -0.1) is 0 Å². The van der Waals surface area contributed by atoms with Gasteiger partial charge in [-0.05, 0) is 69.0 Å². The maximum absolute atomic E-state index is 6.35. The Balaban J connectivity index is 1.74. The van der Waals surface area contributed by atoms with Crippen LogP contribution in [0.2, 0.25) is 5.02 Å². The topological polar surface area (TPSA) is 30.3 Å². The molecule has 4 rings (SSSR count). The largest absolute Gasteiger partial charge is 0.497 e. The van der Waals surface area contributed by atoms with Crippen molar-refractivity contribution in [2.24, 2.45) is 0 Å². The molecule has 0 saturated heterocycles. The molecule has 0 atom stereocenters. The van der Waals surface area contributed by atoms with Gasteiger partial charge in [-0.25, -0.2) is 0 Å². The molecule has 2 aromatic carbocycles. The molecule has 0 unspecified atom stereocenters. The zero-order chi connectivity index (χ0) is 21.1. The predicted molar refractivity (Wildman–Crippen MR) is 125 cm³/mol. The molecule has 0 aliphatic carbocycles. The average Bonchev–Trinajstić information content (AvgIpc) is 3.11. The number of halogens is 1. The van der Waals surface area contributed by atoms with E-state index in [-0.39, 0.29) is 0 Å². The van der Waals surface area contributed by atoms with Crippen LogP contribution in [0.3, 0.4) is 0 Å². The van der Waals surface area contributed by atoms with Gasteiger partial charge in [0.1, 0.15) is 5.75 Å². The minimum atomic E-state index is 0.744. The van der Waals surface area contributed by atoms with Gasteiger partial charge in [0.2, 0.25) is 0 Å². The Labute approximate surface area is 182 Å². The Bertz CT molecular complexity index is 1150. The Kier molecular flexibility index (Phi) is 6.07. The summed E-state index contributed by atoms with van der Waals surface area (Å²) >= 11 is 6.35. The van der Waals surface area contributed by atoms with Crippen LogP contribution in [0, 0.1) is 0 Å². The van der Waals surface area contributed by atoms with E-state index >= 15 is 0 Å². The summed E-state index contributed by atoms with van der Waals surface area (Å²) in [6, 6.07) is 16.4. The van der Waals surface area contributed by atoms with Gasteiger partial charge in [0.05, 0.1) is 7.11 Å². The molecule has 2 aromatic heterocycles. The molecule has 2 heterocycles. The Morgan fingerprint density at radius 1 is 0.967 bits per heavy atom. The lowest BCUT2D eigenvalue weighted by Gasteiger charge is -2.10. The van der Waals surface area contributed by atoms with Crippen LogP contribution in [0.1, 0.15) is 6.42 Å². The van der Waals surface area contributed by atoms with Crippen LogP contribution < -0.4 is 4.74 Å². The number of pyridine rings is 1. The second-order valence-electron chi connectivity index (χ2n) is 7.75. The average molecular weight is 420 g/mol.